The van der Waals surface area contributed by atoms with Crippen LogP contribution in [0.2, 0.25) is 0 Å². The number of nitrogens with one attached hydrogen (secondary N) is 1. The molecule has 96 valence electrons. The number of nitrogens with zero attached hydrogens (tertiary/aromatic N) is 2. The molecule has 3 nitrogen and oxygen atoms in total. The Morgan fingerprint density at radius 1 is 1.50 bits per heavy atom. The van der Waals surface area contributed by atoms with Crippen molar-refractivity contribution in [1.29, 1.82) is 0 Å². The van der Waals surface area contributed by atoms with Crippen molar-refractivity contribution in [2.75, 3.05) is 13.1 Å². The van der Waals surface area contributed by atoms with Crippen molar-refractivity contribution in [3.05, 3.63) is 29.4 Å². The fraction of sp³-hybridized carbons (Fsp3) is 0.500. The highest BCUT2D eigenvalue weighted by molar-refractivity contribution is 7.08. The Bertz CT molecular complexity index is 469. The lowest BCUT2D eigenvalue weighted by Gasteiger charge is -2.23. The second-order valence-electron chi connectivity index (χ2n) is 4.99. The number of aromatic nitrogens is 2. The first-order valence-electron chi connectivity index (χ1n) is 6.67. The molecule has 0 radical (unpaired) electrons. The van der Waals surface area contributed by atoms with Crippen molar-refractivity contribution in [2.45, 2.75) is 25.8 Å². The van der Waals surface area contributed by atoms with Gasteiger partial charge in [0.05, 0.1) is 18.2 Å². The summed E-state index contributed by atoms with van der Waals surface area (Å²) in [5.41, 5.74) is 2.54. The molecule has 1 fully saturated rings. The van der Waals surface area contributed by atoms with E-state index >= 15 is 0 Å². The largest absolute Gasteiger partial charge is 0.331 e. The monoisotopic (exact) mass is 261 g/mol. The van der Waals surface area contributed by atoms with Crippen molar-refractivity contribution in [3.8, 4) is 11.3 Å². The number of rotatable bonds is 4. The van der Waals surface area contributed by atoms with Gasteiger partial charge in [0.15, 0.2) is 0 Å². The normalized spacial score (nSPS) is 20.1. The minimum Gasteiger partial charge on any atom is -0.331 e. The Labute approximate surface area is 112 Å². The third-order valence-electron chi connectivity index (χ3n) is 3.71. The van der Waals surface area contributed by atoms with Gasteiger partial charge in [-0.1, -0.05) is 0 Å². The van der Waals surface area contributed by atoms with Gasteiger partial charge >= 0.3 is 0 Å². The summed E-state index contributed by atoms with van der Waals surface area (Å²) in [5.74, 6) is 0.830. The zero-order valence-corrected chi connectivity index (χ0v) is 11.3. The van der Waals surface area contributed by atoms with Gasteiger partial charge in [-0.05, 0) is 49.7 Å². The van der Waals surface area contributed by atoms with Crippen LogP contribution in [0.5, 0.6) is 0 Å². The van der Waals surface area contributed by atoms with E-state index in [2.05, 4.69) is 31.7 Å². The topological polar surface area (TPSA) is 29.9 Å². The minimum atomic E-state index is 0.830. The molecule has 18 heavy (non-hydrogen) atoms. The van der Waals surface area contributed by atoms with Gasteiger partial charge in [-0.2, -0.15) is 11.3 Å². The molecule has 1 aliphatic heterocycles. The second-order valence-corrected chi connectivity index (χ2v) is 5.77. The molecule has 2 aromatic rings. The first-order chi connectivity index (χ1) is 8.93. The Kier molecular flexibility index (Phi) is 3.76. The van der Waals surface area contributed by atoms with Crippen LogP contribution in [0.1, 0.15) is 19.3 Å². The second kappa shape index (κ2) is 5.67. The highest BCUT2D eigenvalue weighted by Gasteiger charge is 2.13. The number of hydrogen-bond acceptors (Lipinski definition) is 3. The molecule has 0 spiro atoms. The maximum atomic E-state index is 4.29. The summed E-state index contributed by atoms with van der Waals surface area (Å²) in [6.45, 7) is 3.46. The number of aryl methyl sites for hydroxylation is 1. The van der Waals surface area contributed by atoms with Gasteiger partial charge in [0.2, 0.25) is 0 Å². The highest BCUT2D eigenvalue weighted by Crippen LogP contribution is 2.23. The molecule has 3 rings (SSSR count). The summed E-state index contributed by atoms with van der Waals surface area (Å²) < 4.78 is 2.29. The zero-order chi connectivity index (χ0) is 12.2. The third kappa shape index (κ3) is 2.65. The summed E-state index contributed by atoms with van der Waals surface area (Å²) in [4.78, 5) is 4.29. The van der Waals surface area contributed by atoms with Crippen molar-refractivity contribution in [3.63, 3.8) is 0 Å². The SMILES string of the molecule is c1cc(-c2cncn2CCC2CCCNC2)cs1. The van der Waals surface area contributed by atoms with Crippen molar-refractivity contribution >= 4 is 11.3 Å². The number of hydrogen-bond donors (Lipinski definition) is 1. The van der Waals surface area contributed by atoms with E-state index in [0.29, 0.717) is 0 Å². The van der Waals surface area contributed by atoms with Crippen LogP contribution in [0.25, 0.3) is 11.3 Å². The first-order valence-corrected chi connectivity index (χ1v) is 7.61. The molecule has 1 N–H and O–H groups in total. The lowest BCUT2D eigenvalue weighted by Crippen LogP contribution is -2.30. The predicted molar refractivity (Wildman–Crippen MR) is 75.8 cm³/mol. The van der Waals surface area contributed by atoms with E-state index in [9.17, 15) is 0 Å². The predicted octanol–water partition coefficient (Wildman–Crippen LogP) is 3.00. The van der Waals surface area contributed by atoms with Gasteiger partial charge in [-0.25, -0.2) is 4.98 Å². The quantitative estimate of drug-likeness (QED) is 0.917. The van der Waals surface area contributed by atoms with Crippen LogP contribution < -0.4 is 5.32 Å². The van der Waals surface area contributed by atoms with Gasteiger partial charge in [-0.15, -0.1) is 0 Å². The maximum Gasteiger partial charge on any atom is 0.0950 e. The van der Waals surface area contributed by atoms with Crippen LogP contribution >= 0.6 is 11.3 Å². The van der Waals surface area contributed by atoms with Crippen LogP contribution in [0, 0.1) is 5.92 Å². The first kappa shape index (κ1) is 11.9. The Morgan fingerprint density at radius 2 is 2.50 bits per heavy atom. The lowest BCUT2D eigenvalue weighted by atomic mass is 9.96. The summed E-state index contributed by atoms with van der Waals surface area (Å²) in [6.07, 6.45) is 7.88. The number of thiophene rings is 1. The summed E-state index contributed by atoms with van der Waals surface area (Å²) in [6, 6.07) is 2.17. The average Bonchev–Trinajstić information content (AvgIpc) is 3.08. The summed E-state index contributed by atoms with van der Waals surface area (Å²) >= 11 is 1.74. The van der Waals surface area contributed by atoms with E-state index in [4.69, 9.17) is 0 Å². The molecule has 0 saturated carbocycles. The summed E-state index contributed by atoms with van der Waals surface area (Å²) in [7, 11) is 0. The molecule has 0 amide bonds. The molecular formula is C14H19N3S. The highest BCUT2D eigenvalue weighted by atomic mass is 32.1. The van der Waals surface area contributed by atoms with Gasteiger partial charge in [0.25, 0.3) is 0 Å². The van der Waals surface area contributed by atoms with Gasteiger partial charge < -0.3 is 9.88 Å². The fourth-order valence-corrected chi connectivity index (χ4v) is 3.29. The maximum absolute atomic E-state index is 4.29. The molecule has 0 aliphatic carbocycles. The van der Waals surface area contributed by atoms with Crippen LogP contribution in [0.15, 0.2) is 29.4 Å². The molecule has 4 heteroatoms. The molecule has 3 heterocycles. The van der Waals surface area contributed by atoms with E-state index in [1.165, 1.54) is 43.6 Å². The third-order valence-corrected chi connectivity index (χ3v) is 4.39. The molecule has 0 aromatic carbocycles. The smallest absolute Gasteiger partial charge is 0.0950 e. The van der Waals surface area contributed by atoms with Crippen molar-refractivity contribution < 1.29 is 0 Å². The molecule has 1 atom stereocenters. The van der Waals surface area contributed by atoms with Crippen molar-refractivity contribution in [2.24, 2.45) is 5.92 Å². The van der Waals surface area contributed by atoms with E-state index < -0.39 is 0 Å². The van der Waals surface area contributed by atoms with Gasteiger partial charge in [0.1, 0.15) is 0 Å². The van der Waals surface area contributed by atoms with E-state index in [1.807, 2.05) is 12.5 Å². The van der Waals surface area contributed by atoms with E-state index in [-0.39, 0.29) is 0 Å². The van der Waals surface area contributed by atoms with Crippen LogP contribution in [0.3, 0.4) is 0 Å². The molecular weight excluding hydrogens is 242 g/mol. The van der Waals surface area contributed by atoms with Crippen LogP contribution in [0.4, 0.5) is 0 Å². The Balaban J connectivity index is 1.64. The Morgan fingerprint density at radius 3 is 3.28 bits per heavy atom. The molecule has 2 aromatic heterocycles. The fourth-order valence-electron chi connectivity index (χ4n) is 2.64. The standard InChI is InChI=1S/C14H19N3S/c1-2-12(8-15-5-1)3-6-17-11-16-9-14(17)13-4-7-18-10-13/h4,7,9-12,15H,1-3,5-6,8H2. The van der Waals surface area contributed by atoms with Crippen LogP contribution in [-0.2, 0) is 6.54 Å². The zero-order valence-electron chi connectivity index (χ0n) is 10.5. The van der Waals surface area contributed by atoms with Crippen LogP contribution in [-0.4, -0.2) is 22.6 Å². The van der Waals surface area contributed by atoms with E-state index in [0.717, 1.165) is 12.5 Å². The van der Waals surface area contributed by atoms with Crippen molar-refractivity contribution in [1.82, 2.24) is 14.9 Å². The van der Waals surface area contributed by atoms with Gasteiger partial charge in [0, 0.05) is 17.5 Å². The minimum absolute atomic E-state index is 0.830. The number of piperidine rings is 1. The van der Waals surface area contributed by atoms with E-state index in [1.54, 1.807) is 11.3 Å². The molecule has 1 unspecified atom stereocenters. The molecule has 0 bridgehead atoms. The average molecular weight is 261 g/mol. The lowest BCUT2D eigenvalue weighted by molar-refractivity contribution is 0.342. The van der Waals surface area contributed by atoms with Gasteiger partial charge in [-0.3, -0.25) is 0 Å². The number of imidazole rings is 1. The summed E-state index contributed by atoms with van der Waals surface area (Å²) in [5, 5.41) is 7.80. The molecule has 1 aliphatic rings. The Hall–Kier alpha value is -1.13. The molecule has 1 saturated heterocycles.